The molecule has 1 N–H and O–H groups in total. The molecule has 2 atom stereocenters. The molecule has 5 nitrogen and oxygen atoms in total. The molecule has 0 saturated heterocycles. The van der Waals surface area contributed by atoms with Gasteiger partial charge >= 0.3 is 5.97 Å². The highest BCUT2D eigenvalue weighted by atomic mass is 19.1. The lowest BCUT2D eigenvalue weighted by Gasteiger charge is -2.31. The summed E-state index contributed by atoms with van der Waals surface area (Å²) in [6.45, 7) is 3.95. The number of rotatable bonds is 6. The minimum atomic E-state index is -0.765. The zero-order valence-corrected chi connectivity index (χ0v) is 18.3. The van der Waals surface area contributed by atoms with E-state index in [9.17, 15) is 14.0 Å². The van der Waals surface area contributed by atoms with Crippen LogP contribution in [0.3, 0.4) is 0 Å². The van der Waals surface area contributed by atoms with E-state index in [4.69, 9.17) is 4.74 Å². The molecular formula is C26H25FN2O3. The van der Waals surface area contributed by atoms with Gasteiger partial charge in [-0.25, -0.2) is 9.18 Å². The molecule has 0 radical (unpaired) electrons. The monoisotopic (exact) mass is 432 g/mol. The number of hydrogen-bond acceptors (Lipinski definition) is 4. The number of methoxy groups -OCH3 is 1. The number of ether oxygens (including phenoxy) is 1. The van der Waals surface area contributed by atoms with Gasteiger partial charge in [0.25, 0.3) is 5.91 Å². The van der Waals surface area contributed by atoms with Crippen molar-refractivity contribution in [2.45, 2.75) is 32.6 Å². The van der Waals surface area contributed by atoms with Crippen LogP contribution in [-0.2, 0) is 20.9 Å². The van der Waals surface area contributed by atoms with Crippen LogP contribution in [0.1, 0.15) is 31.0 Å². The SMILES string of the molecule is COC(=O)[C@@H](N[C@@H]1C(C)=C(C)C(=O)N1Cc1ccc(F)cc1)c1ccc2ccccc2c1. The van der Waals surface area contributed by atoms with Crippen LogP contribution in [0.2, 0.25) is 0 Å². The van der Waals surface area contributed by atoms with Gasteiger partial charge in [-0.3, -0.25) is 10.1 Å². The molecule has 32 heavy (non-hydrogen) atoms. The van der Waals surface area contributed by atoms with Crippen LogP contribution < -0.4 is 5.32 Å². The largest absolute Gasteiger partial charge is 0.468 e. The summed E-state index contributed by atoms with van der Waals surface area (Å²) >= 11 is 0. The normalized spacial score (nSPS) is 17.2. The molecule has 0 bridgehead atoms. The third kappa shape index (κ3) is 4.14. The molecule has 1 aliphatic heterocycles. The van der Waals surface area contributed by atoms with Gasteiger partial charge in [-0.15, -0.1) is 0 Å². The molecule has 1 heterocycles. The first-order chi connectivity index (χ1) is 15.4. The predicted octanol–water partition coefficient (Wildman–Crippen LogP) is 4.49. The van der Waals surface area contributed by atoms with Crippen molar-refractivity contribution in [1.82, 2.24) is 10.2 Å². The first-order valence-electron chi connectivity index (χ1n) is 10.4. The highest BCUT2D eigenvalue weighted by Crippen LogP contribution is 2.29. The van der Waals surface area contributed by atoms with Crippen molar-refractivity contribution in [3.63, 3.8) is 0 Å². The maximum atomic E-state index is 13.3. The van der Waals surface area contributed by atoms with Gasteiger partial charge in [0.05, 0.1) is 7.11 Å². The molecule has 0 fully saturated rings. The molecule has 1 amide bonds. The van der Waals surface area contributed by atoms with Gasteiger partial charge in [-0.05, 0) is 59.5 Å². The lowest BCUT2D eigenvalue weighted by Crippen LogP contribution is -2.48. The number of esters is 1. The van der Waals surface area contributed by atoms with Crippen LogP contribution in [0.5, 0.6) is 0 Å². The Kier molecular flexibility index (Phi) is 6.06. The second-order valence-electron chi connectivity index (χ2n) is 8.00. The van der Waals surface area contributed by atoms with E-state index in [0.717, 1.165) is 27.5 Å². The van der Waals surface area contributed by atoms with Crippen molar-refractivity contribution in [2.24, 2.45) is 0 Å². The molecule has 3 aromatic carbocycles. The summed E-state index contributed by atoms with van der Waals surface area (Å²) in [5.74, 6) is -0.887. The van der Waals surface area contributed by atoms with E-state index in [1.54, 1.807) is 24.0 Å². The van der Waals surface area contributed by atoms with Crippen LogP contribution in [0.4, 0.5) is 4.39 Å². The topological polar surface area (TPSA) is 58.6 Å². The maximum Gasteiger partial charge on any atom is 0.327 e. The molecule has 4 rings (SSSR count). The van der Waals surface area contributed by atoms with E-state index in [2.05, 4.69) is 5.32 Å². The van der Waals surface area contributed by atoms with Crippen molar-refractivity contribution in [3.8, 4) is 0 Å². The van der Waals surface area contributed by atoms with E-state index < -0.39 is 18.2 Å². The van der Waals surface area contributed by atoms with Crippen LogP contribution in [0.15, 0.2) is 77.9 Å². The van der Waals surface area contributed by atoms with E-state index >= 15 is 0 Å². The summed E-state index contributed by atoms with van der Waals surface area (Å²) in [5, 5.41) is 5.42. The van der Waals surface area contributed by atoms with Crippen molar-refractivity contribution in [1.29, 1.82) is 0 Å². The van der Waals surface area contributed by atoms with Crippen molar-refractivity contribution in [3.05, 3.63) is 94.8 Å². The van der Waals surface area contributed by atoms with Gasteiger partial charge in [-0.2, -0.15) is 0 Å². The maximum absolute atomic E-state index is 13.3. The molecule has 0 aliphatic carbocycles. The quantitative estimate of drug-likeness (QED) is 0.583. The average molecular weight is 432 g/mol. The summed E-state index contributed by atoms with van der Waals surface area (Å²) in [4.78, 5) is 27.4. The summed E-state index contributed by atoms with van der Waals surface area (Å²) in [6, 6.07) is 19.0. The molecule has 6 heteroatoms. The van der Waals surface area contributed by atoms with E-state index in [-0.39, 0.29) is 18.3 Å². The van der Waals surface area contributed by atoms with Crippen LogP contribution in [0.25, 0.3) is 10.8 Å². The van der Waals surface area contributed by atoms with Crippen LogP contribution in [0, 0.1) is 5.82 Å². The Bertz CT molecular complexity index is 1200. The standard InChI is InChI=1S/C26H25FN2O3/c1-16-17(2)25(30)29(15-18-8-12-22(27)13-9-18)24(16)28-23(26(31)32-3)21-11-10-19-6-4-5-7-20(19)14-21/h4-14,23-24,28H,15H2,1-3H3/t23-,24-/m0/s1. The van der Waals surface area contributed by atoms with E-state index in [0.29, 0.717) is 5.57 Å². The van der Waals surface area contributed by atoms with Gasteiger partial charge in [0, 0.05) is 12.1 Å². The number of fused-ring (bicyclic) bond motifs is 1. The Morgan fingerprint density at radius 3 is 2.44 bits per heavy atom. The number of hydrogen-bond donors (Lipinski definition) is 1. The fourth-order valence-corrected chi connectivity index (χ4v) is 4.07. The summed E-state index contributed by atoms with van der Waals surface area (Å²) in [5.41, 5.74) is 3.02. The molecule has 0 spiro atoms. The first kappa shape index (κ1) is 21.7. The molecule has 1 aliphatic rings. The van der Waals surface area contributed by atoms with Crippen LogP contribution in [-0.4, -0.2) is 30.1 Å². The van der Waals surface area contributed by atoms with Crippen molar-refractivity contribution >= 4 is 22.6 Å². The number of halogens is 1. The van der Waals surface area contributed by atoms with Gasteiger partial charge in [-0.1, -0.05) is 48.5 Å². The predicted molar refractivity (Wildman–Crippen MR) is 121 cm³/mol. The smallest absolute Gasteiger partial charge is 0.327 e. The first-order valence-corrected chi connectivity index (χ1v) is 10.4. The Balaban J connectivity index is 1.67. The lowest BCUT2D eigenvalue weighted by atomic mass is 10.0. The van der Waals surface area contributed by atoms with Gasteiger partial charge < -0.3 is 9.64 Å². The Morgan fingerprint density at radius 1 is 1.06 bits per heavy atom. The fourth-order valence-electron chi connectivity index (χ4n) is 4.07. The third-order valence-corrected chi connectivity index (χ3v) is 6.03. The molecule has 164 valence electrons. The zero-order chi connectivity index (χ0) is 22.8. The highest BCUT2D eigenvalue weighted by Gasteiger charge is 2.37. The Hall–Kier alpha value is -3.51. The van der Waals surface area contributed by atoms with Crippen molar-refractivity contribution < 1.29 is 18.7 Å². The zero-order valence-electron chi connectivity index (χ0n) is 18.3. The molecule has 0 unspecified atom stereocenters. The van der Waals surface area contributed by atoms with Gasteiger partial charge in [0.1, 0.15) is 18.0 Å². The summed E-state index contributed by atoms with van der Waals surface area (Å²) in [7, 11) is 1.35. The van der Waals surface area contributed by atoms with Crippen molar-refractivity contribution in [2.75, 3.05) is 7.11 Å². The molecule has 0 saturated carbocycles. The number of amides is 1. The van der Waals surface area contributed by atoms with E-state index in [1.165, 1.54) is 19.2 Å². The Labute approximate surface area is 186 Å². The van der Waals surface area contributed by atoms with Gasteiger partial charge in [0.2, 0.25) is 0 Å². The number of nitrogens with one attached hydrogen (secondary N) is 1. The minimum absolute atomic E-state index is 0.119. The fraction of sp³-hybridized carbons (Fsp3) is 0.231. The number of carbonyl (C=O) groups is 2. The second kappa shape index (κ2) is 8.93. The minimum Gasteiger partial charge on any atom is -0.468 e. The van der Waals surface area contributed by atoms with Crippen LogP contribution >= 0.6 is 0 Å². The highest BCUT2D eigenvalue weighted by molar-refractivity contribution is 5.97. The van der Waals surface area contributed by atoms with Gasteiger partial charge in [0.15, 0.2) is 0 Å². The molecule has 3 aromatic rings. The number of benzene rings is 3. The number of nitrogens with zero attached hydrogens (tertiary/aromatic N) is 1. The molecule has 0 aromatic heterocycles. The lowest BCUT2D eigenvalue weighted by molar-refractivity contribution is -0.144. The Morgan fingerprint density at radius 2 is 1.75 bits per heavy atom. The summed E-state index contributed by atoms with van der Waals surface area (Å²) < 4.78 is 18.4. The van der Waals surface area contributed by atoms with E-state index in [1.807, 2.05) is 49.4 Å². The average Bonchev–Trinajstić information content (AvgIpc) is 3.01. The number of carbonyl (C=O) groups excluding carboxylic acids is 2. The third-order valence-electron chi connectivity index (χ3n) is 6.03. The second-order valence-corrected chi connectivity index (χ2v) is 8.00. The molecular weight excluding hydrogens is 407 g/mol. The summed E-state index contributed by atoms with van der Waals surface area (Å²) in [6.07, 6.45) is -0.497.